The number of rotatable bonds is 4. The minimum atomic E-state index is -1.26. The Hall–Kier alpha value is -0.420. The van der Waals surface area contributed by atoms with E-state index in [0.29, 0.717) is 6.61 Å². The van der Waals surface area contributed by atoms with Crippen LogP contribution in [-0.4, -0.2) is 30.7 Å². The highest BCUT2D eigenvalue weighted by atomic mass is 32.2. The van der Waals surface area contributed by atoms with Gasteiger partial charge in [-0.15, -0.1) is 0 Å². The molecule has 5 heteroatoms. The van der Waals surface area contributed by atoms with Crippen molar-refractivity contribution in [2.24, 2.45) is 0 Å². The first-order chi connectivity index (χ1) is 4.27. The lowest BCUT2D eigenvalue weighted by Gasteiger charge is -1.97. The second-order valence-corrected chi connectivity index (χ2v) is 1.67. The van der Waals surface area contributed by atoms with E-state index < -0.39 is 6.16 Å². The fraction of sp³-hybridized carbons (Fsp3) is 0.750. The molecular formula is C4H8O4S. The molecule has 0 saturated carbocycles. The van der Waals surface area contributed by atoms with Crippen molar-refractivity contribution in [3.05, 3.63) is 0 Å². The van der Waals surface area contributed by atoms with Gasteiger partial charge >= 0.3 is 6.16 Å². The second kappa shape index (κ2) is 5.71. The number of hydrogen-bond acceptors (Lipinski definition) is 4. The maximum atomic E-state index is 9.68. The van der Waals surface area contributed by atoms with E-state index in [1.165, 1.54) is 12.0 Å². The van der Waals surface area contributed by atoms with Gasteiger partial charge in [-0.3, -0.25) is 0 Å². The molecule has 0 aliphatic carbocycles. The maximum Gasteiger partial charge on any atom is 0.505 e. The van der Waals surface area contributed by atoms with Crippen LogP contribution in [0.15, 0.2) is 0 Å². The Balaban J connectivity index is 2.83. The molecule has 0 heterocycles. The third-order valence-electron chi connectivity index (χ3n) is 0.510. The van der Waals surface area contributed by atoms with Crippen LogP contribution in [0.1, 0.15) is 0 Å². The van der Waals surface area contributed by atoms with Crippen LogP contribution in [0.3, 0.4) is 0 Å². The molecule has 1 N–H and O–H groups in total. The molecule has 0 fully saturated rings. The average Bonchev–Trinajstić information content (AvgIpc) is 1.80. The first-order valence-electron chi connectivity index (χ1n) is 2.28. The van der Waals surface area contributed by atoms with E-state index in [1.807, 2.05) is 0 Å². The van der Waals surface area contributed by atoms with Gasteiger partial charge in [0.1, 0.15) is 6.61 Å². The van der Waals surface area contributed by atoms with Gasteiger partial charge in [0.2, 0.25) is 0 Å². The Morgan fingerprint density at radius 1 is 1.67 bits per heavy atom. The molecule has 54 valence electrons. The highest BCUT2D eigenvalue weighted by Crippen LogP contribution is 1.92. The predicted octanol–water partition coefficient (Wildman–Crippen LogP) is 0.976. The average molecular weight is 152 g/mol. The van der Waals surface area contributed by atoms with Crippen molar-refractivity contribution in [1.29, 1.82) is 0 Å². The van der Waals surface area contributed by atoms with Crippen LogP contribution < -0.4 is 0 Å². The van der Waals surface area contributed by atoms with Crippen LogP contribution in [0, 0.1) is 0 Å². The predicted molar refractivity (Wildman–Crippen MR) is 33.4 cm³/mol. The van der Waals surface area contributed by atoms with Crippen LogP contribution in [0.4, 0.5) is 4.79 Å². The third kappa shape index (κ3) is 7.58. The van der Waals surface area contributed by atoms with Gasteiger partial charge in [-0.05, 0) is 12.0 Å². The van der Waals surface area contributed by atoms with Gasteiger partial charge in [0.05, 0.1) is 6.61 Å². The molecule has 9 heavy (non-hydrogen) atoms. The summed E-state index contributed by atoms with van der Waals surface area (Å²) in [6.07, 6.45) is 0.487. The van der Waals surface area contributed by atoms with Gasteiger partial charge in [0.15, 0.2) is 0 Å². The van der Waals surface area contributed by atoms with Gasteiger partial charge < -0.3 is 14.0 Å². The van der Waals surface area contributed by atoms with Crippen molar-refractivity contribution in [3.8, 4) is 0 Å². The Bertz CT molecular complexity index is 84.6. The number of carbonyl (C=O) groups is 1. The summed E-state index contributed by atoms with van der Waals surface area (Å²) in [5.74, 6) is 0. The van der Waals surface area contributed by atoms with E-state index in [1.54, 1.807) is 6.26 Å². The van der Waals surface area contributed by atoms with E-state index in [-0.39, 0.29) is 6.61 Å². The summed E-state index contributed by atoms with van der Waals surface area (Å²) in [6, 6.07) is 0. The van der Waals surface area contributed by atoms with Crippen LogP contribution in [0.25, 0.3) is 0 Å². The molecule has 0 aromatic rings. The lowest BCUT2D eigenvalue weighted by atomic mass is 10.8. The van der Waals surface area contributed by atoms with E-state index >= 15 is 0 Å². The van der Waals surface area contributed by atoms with Crippen LogP contribution in [0.5, 0.6) is 0 Å². The van der Waals surface area contributed by atoms with E-state index in [2.05, 4.69) is 4.74 Å². The SMILES string of the molecule is CSOCCOC(=O)O. The summed E-state index contributed by atoms with van der Waals surface area (Å²) in [5, 5.41) is 7.93. The first kappa shape index (κ1) is 8.58. The lowest BCUT2D eigenvalue weighted by molar-refractivity contribution is 0.0810. The molecule has 0 atom stereocenters. The van der Waals surface area contributed by atoms with E-state index in [0.717, 1.165) is 0 Å². The molecule has 0 aromatic heterocycles. The van der Waals surface area contributed by atoms with Gasteiger partial charge in [-0.25, -0.2) is 4.79 Å². The molecule has 0 radical (unpaired) electrons. The Morgan fingerprint density at radius 3 is 2.78 bits per heavy atom. The smallest absolute Gasteiger partial charge is 0.450 e. The largest absolute Gasteiger partial charge is 0.505 e. The Labute approximate surface area is 57.3 Å². The topological polar surface area (TPSA) is 55.8 Å². The number of hydrogen-bond donors (Lipinski definition) is 1. The minimum Gasteiger partial charge on any atom is -0.450 e. The zero-order chi connectivity index (χ0) is 7.11. The van der Waals surface area contributed by atoms with Crippen molar-refractivity contribution in [3.63, 3.8) is 0 Å². The molecule has 0 aliphatic rings. The summed E-state index contributed by atoms with van der Waals surface area (Å²) < 4.78 is 8.83. The van der Waals surface area contributed by atoms with Crippen LogP contribution >= 0.6 is 12.0 Å². The fourth-order valence-electron chi connectivity index (χ4n) is 0.246. The molecule has 0 spiro atoms. The first-order valence-corrected chi connectivity index (χ1v) is 3.43. The van der Waals surface area contributed by atoms with Crippen molar-refractivity contribution in [2.75, 3.05) is 19.5 Å². The molecule has 0 unspecified atom stereocenters. The number of carboxylic acid groups (broad SMARTS) is 1. The minimum absolute atomic E-state index is 0.0934. The molecule has 0 saturated heterocycles. The van der Waals surface area contributed by atoms with Gasteiger partial charge in [0.25, 0.3) is 0 Å². The van der Waals surface area contributed by atoms with Crippen molar-refractivity contribution in [2.45, 2.75) is 0 Å². The summed E-state index contributed by atoms with van der Waals surface area (Å²) >= 11 is 1.18. The van der Waals surface area contributed by atoms with Gasteiger partial charge in [-0.2, -0.15) is 0 Å². The molecule has 0 aliphatic heterocycles. The van der Waals surface area contributed by atoms with Crippen molar-refractivity contribution < 1.29 is 18.8 Å². The van der Waals surface area contributed by atoms with Gasteiger partial charge in [-0.1, -0.05) is 0 Å². The molecule has 0 bridgehead atoms. The lowest BCUT2D eigenvalue weighted by Crippen LogP contribution is -2.05. The fourth-order valence-corrected chi connectivity index (χ4v) is 0.481. The molecule has 0 aromatic carbocycles. The normalized spacial score (nSPS) is 9.00. The summed E-state index contributed by atoms with van der Waals surface area (Å²) in [4.78, 5) is 9.68. The Morgan fingerprint density at radius 2 is 2.33 bits per heavy atom. The summed E-state index contributed by atoms with van der Waals surface area (Å²) in [7, 11) is 0. The van der Waals surface area contributed by atoms with E-state index in [4.69, 9.17) is 9.29 Å². The zero-order valence-corrected chi connectivity index (χ0v) is 5.81. The summed E-state index contributed by atoms with van der Waals surface area (Å²) in [6.45, 7) is 0.393. The maximum absolute atomic E-state index is 9.68. The van der Waals surface area contributed by atoms with Crippen molar-refractivity contribution in [1.82, 2.24) is 0 Å². The molecule has 0 amide bonds. The monoisotopic (exact) mass is 152 g/mol. The molecular weight excluding hydrogens is 144 g/mol. The second-order valence-electron chi connectivity index (χ2n) is 1.10. The number of ether oxygens (including phenoxy) is 1. The highest BCUT2D eigenvalue weighted by Gasteiger charge is 1.93. The van der Waals surface area contributed by atoms with Crippen LogP contribution in [0.2, 0.25) is 0 Å². The molecule has 0 rings (SSSR count). The molecule has 4 nitrogen and oxygen atoms in total. The van der Waals surface area contributed by atoms with Crippen LogP contribution in [-0.2, 0) is 8.92 Å². The highest BCUT2D eigenvalue weighted by molar-refractivity contribution is 7.93. The van der Waals surface area contributed by atoms with Crippen molar-refractivity contribution >= 4 is 18.2 Å². The van der Waals surface area contributed by atoms with E-state index in [9.17, 15) is 4.79 Å². The quantitative estimate of drug-likeness (QED) is 0.369. The Kier molecular flexibility index (Phi) is 5.45. The van der Waals surface area contributed by atoms with Gasteiger partial charge in [0, 0.05) is 6.26 Å². The summed E-state index contributed by atoms with van der Waals surface area (Å²) in [5.41, 5.74) is 0. The third-order valence-corrected chi connectivity index (χ3v) is 0.912. The zero-order valence-electron chi connectivity index (χ0n) is 4.99. The standard InChI is InChI=1S/C4H8O4S/c1-9-8-3-2-7-4(5)6/h2-3H2,1H3,(H,5,6).